The van der Waals surface area contributed by atoms with Crippen molar-refractivity contribution in [3.8, 4) is 0 Å². The second kappa shape index (κ2) is 10.2. The number of rotatable bonds is 9. The number of urea groups is 1. The number of carboxylic acids is 1. The molecule has 0 heterocycles. The van der Waals surface area contributed by atoms with Crippen molar-refractivity contribution in [2.45, 2.75) is 19.6 Å². The molecular formula is C20H24N2O4. The second-order valence-corrected chi connectivity index (χ2v) is 5.97. The molecule has 0 unspecified atom stereocenters. The van der Waals surface area contributed by atoms with Gasteiger partial charge in [0, 0.05) is 26.7 Å². The van der Waals surface area contributed by atoms with Crippen LogP contribution in [0.25, 0.3) is 0 Å². The van der Waals surface area contributed by atoms with Crippen molar-refractivity contribution in [2.24, 2.45) is 0 Å². The van der Waals surface area contributed by atoms with Crippen LogP contribution in [0.4, 0.5) is 4.79 Å². The van der Waals surface area contributed by atoms with Crippen molar-refractivity contribution in [3.05, 3.63) is 71.3 Å². The number of hydrogen-bond donors (Lipinski definition) is 2. The Hall–Kier alpha value is -2.86. The van der Waals surface area contributed by atoms with Gasteiger partial charge in [-0.15, -0.1) is 0 Å². The first-order chi connectivity index (χ1) is 12.6. The van der Waals surface area contributed by atoms with Crippen LogP contribution in [-0.2, 0) is 17.9 Å². The van der Waals surface area contributed by atoms with Crippen LogP contribution in [-0.4, -0.2) is 42.2 Å². The molecule has 2 amide bonds. The molecule has 6 nitrogen and oxygen atoms in total. The highest BCUT2D eigenvalue weighted by atomic mass is 16.5. The van der Waals surface area contributed by atoms with E-state index in [2.05, 4.69) is 5.32 Å². The lowest BCUT2D eigenvalue weighted by molar-refractivity contribution is 0.0697. The van der Waals surface area contributed by atoms with E-state index in [1.54, 1.807) is 24.1 Å². The lowest BCUT2D eigenvalue weighted by Crippen LogP contribution is -2.37. The van der Waals surface area contributed by atoms with E-state index in [4.69, 9.17) is 9.84 Å². The zero-order valence-electron chi connectivity index (χ0n) is 14.9. The maximum Gasteiger partial charge on any atom is 0.335 e. The Kier molecular flexibility index (Phi) is 7.64. The average Bonchev–Trinajstić information content (AvgIpc) is 2.66. The third kappa shape index (κ3) is 6.57. The summed E-state index contributed by atoms with van der Waals surface area (Å²) in [6.07, 6.45) is 0.754. The van der Waals surface area contributed by atoms with Gasteiger partial charge >= 0.3 is 12.0 Å². The van der Waals surface area contributed by atoms with Crippen molar-refractivity contribution >= 4 is 12.0 Å². The van der Waals surface area contributed by atoms with E-state index in [9.17, 15) is 9.59 Å². The number of carboxylic acid groups (broad SMARTS) is 1. The highest BCUT2D eigenvalue weighted by Crippen LogP contribution is 2.05. The summed E-state index contributed by atoms with van der Waals surface area (Å²) in [5, 5.41) is 11.7. The number of ether oxygens (including phenoxy) is 1. The number of nitrogens with zero attached hydrogens (tertiary/aromatic N) is 1. The van der Waals surface area contributed by atoms with Gasteiger partial charge in [-0.1, -0.05) is 42.5 Å². The molecule has 2 aromatic carbocycles. The maximum absolute atomic E-state index is 12.1. The van der Waals surface area contributed by atoms with Crippen molar-refractivity contribution < 1.29 is 19.4 Å². The van der Waals surface area contributed by atoms with E-state index >= 15 is 0 Å². The summed E-state index contributed by atoms with van der Waals surface area (Å²) in [4.78, 5) is 24.5. The molecule has 0 aliphatic heterocycles. The summed E-state index contributed by atoms with van der Waals surface area (Å²) in [5.41, 5.74) is 2.21. The molecule has 0 aromatic heterocycles. The molecule has 0 saturated heterocycles. The average molecular weight is 356 g/mol. The van der Waals surface area contributed by atoms with Crippen LogP contribution in [0.5, 0.6) is 0 Å². The summed E-state index contributed by atoms with van der Waals surface area (Å²) in [5.74, 6) is -0.963. The second-order valence-electron chi connectivity index (χ2n) is 5.97. The molecule has 2 rings (SSSR count). The van der Waals surface area contributed by atoms with E-state index < -0.39 is 5.97 Å². The molecule has 0 spiro atoms. The molecular weight excluding hydrogens is 332 g/mol. The van der Waals surface area contributed by atoms with E-state index in [1.807, 2.05) is 30.3 Å². The fourth-order valence-electron chi connectivity index (χ4n) is 2.35. The summed E-state index contributed by atoms with van der Waals surface area (Å²) >= 11 is 0. The predicted octanol–water partition coefficient (Wildman–Crippen LogP) is 3.13. The summed E-state index contributed by atoms with van der Waals surface area (Å²) in [6.45, 7) is 2.11. The number of nitrogens with one attached hydrogen (secondary N) is 1. The third-order valence-electron chi connectivity index (χ3n) is 3.89. The molecule has 2 aromatic rings. The lowest BCUT2D eigenvalue weighted by Gasteiger charge is -2.18. The molecule has 26 heavy (non-hydrogen) atoms. The van der Waals surface area contributed by atoms with Gasteiger partial charge in [-0.2, -0.15) is 0 Å². The quantitative estimate of drug-likeness (QED) is 0.677. The molecule has 2 N–H and O–H groups in total. The van der Waals surface area contributed by atoms with Crippen LogP contribution in [0.15, 0.2) is 54.6 Å². The number of amides is 2. The minimum absolute atomic E-state index is 0.171. The zero-order chi connectivity index (χ0) is 18.8. The monoisotopic (exact) mass is 356 g/mol. The summed E-state index contributed by atoms with van der Waals surface area (Å²) in [6, 6.07) is 16.2. The number of carbonyl (C=O) groups excluding carboxylic acids is 1. The van der Waals surface area contributed by atoms with Gasteiger partial charge in [0.15, 0.2) is 0 Å². The summed E-state index contributed by atoms with van der Waals surface area (Å²) in [7, 11) is 1.74. The minimum atomic E-state index is -0.963. The van der Waals surface area contributed by atoms with Gasteiger partial charge in [0.05, 0.1) is 12.2 Å². The molecule has 0 fully saturated rings. The third-order valence-corrected chi connectivity index (χ3v) is 3.89. The molecule has 0 radical (unpaired) electrons. The van der Waals surface area contributed by atoms with Gasteiger partial charge < -0.3 is 20.1 Å². The van der Waals surface area contributed by atoms with Crippen molar-refractivity contribution in [1.82, 2.24) is 10.2 Å². The van der Waals surface area contributed by atoms with E-state index in [0.717, 1.165) is 17.5 Å². The van der Waals surface area contributed by atoms with Crippen LogP contribution in [0, 0.1) is 0 Å². The topological polar surface area (TPSA) is 78.9 Å². The van der Waals surface area contributed by atoms with Gasteiger partial charge in [0.2, 0.25) is 0 Å². The first-order valence-electron chi connectivity index (χ1n) is 8.49. The SMILES string of the molecule is CN(CCCOCc1ccccc1)C(=O)NCc1ccc(C(=O)O)cc1. The molecule has 0 atom stereocenters. The highest BCUT2D eigenvalue weighted by molar-refractivity contribution is 5.87. The maximum atomic E-state index is 12.1. The predicted molar refractivity (Wildman–Crippen MR) is 99.0 cm³/mol. The Labute approximate surface area is 153 Å². The molecule has 0 saturated carbocycles. The molecule has 138 valence electrons. The molecule has 0 aliphatic rings. The Morgan fingerprint density at radius 1 is 1.04 bits per heavy atom. The van der Waals surface area contributed by atoms with Gasteiger partial charge in [-0.3, -0.25) is 0 Å². The van der Waals surface area contributed by atoms with Gasteiger partial charge in [-0.25, -0.2) is 9.59 Å². The summed E-state index contributed by atoms with van der Waals surface area (Å²) < 4.78 is 5.60. The van der Waals surface area contributed by atoms with Gasteiger partial charge in [-0.05, 0) is 29.7 Å². The molecule has 0 bridgehead atoms. The number of benzene rings is 2. The van der Waals surface area contributed by atoms with Gasteiger partial charge in [0.1, 0.15) is 0 Å². The highest BCUT2D eigenvalue weighted by Gasteiger charge is 2.08. The Balaban J connectivity index is 1.62. The van der Waals surface area contributed by atoms with Crippen LogP contribution < -0.4 is 5.32 Å². The van der Waals surface area contributed by atoms with E-state index in [1.165, 1.54) is 12.1 Å². The fourth-order valence-corrected chi connectivity index (χ4v) is 2.35. The van der Waals surface area contributed by atoms with Crippen molar-refractivity contribution in [1.29, 1.82) is 0 Å². The van der Waals surface area contributed by atoms with Crippen LogP contribution in [0.2, 0.25) is 0 Å². The van der Waals surface area contributed by atoms with Crippen molar-refractivity contribution in [2.75, 3.05) is 20.2 Å². The van der Waals surface area contributed by atoms with E-state index in [0.29, 0.717) is 26.3 Å². The standard InChI is InChI=1S/C20H24N2O4/c1-22(12-5-13-26-15-17-6-3-2-4-7-17)20(25)21-14-16-8-10-18(11-9-16)19(23)24/h2-4,6-11H,5,12-15H2,1H3,(H,21,25)(H,23,24). The molecule has 0 aliphatic carbocycles. The number of hydrogen-bond acceptors (Lipinski definition) is 3. The normalized spacial score (nSPS) is 10.3. The Bertz CT molecular complexity index is 702. The lowest BCUT2D eigenvalue weighted by atomic mass is 10.1. The first-order valence-corrected chi connectivity index (χ1v) is 8.49. The smallest absolute Gasteiger partial charge is 0.335 e. The minimum Gasteiger partial charge on any atom is -0.478 e. The van der Waals surface area contributed by atoms with Crippen LogP contribution in [0.3, 0.4) is 0 Å². The fraction of sp³-hybridized carbons (Fsp3) is 0.300. The Morgan fingerprint density at radius 2 is 1.73 bits per heavy atom. The van der Waals surface area contributed by atoms with Gasteiger partial charge in [0.25, 0.3) is 0 Å². The van der Waals surface area contributed by atoms with Crippen LogP contribution in [0.1, 0.15) is 27.9 Å². The van der Waals surface area contributed by atoms with Crippen LogP contribution >= 0.6 is 0 Å². The molecule has 6 heteroatoms. The first kappa shape index (κ1) is 19.5. The van der Waals surface area contributed by atoms with E-state index in [-0.39, 0.29) is 11.6 Å². The number of carbonyl (C=O) groups is 2. The van der Waals surface area contributed by atoms with Crippen molar-refractivity contribution in [3.63, 3.8) is 0 Å². The largest absolute Gasteiger partial charge is 0.478 e. The number of aromatic carboxylic acids is 1. The zero-order valence-corrected chi connectivity index (χ0v) is 14.9. The Morgan fingerprint density at radius 3 is 2.38 bits per heavy atom.